The van der Waals surface area contributed by atoms with Crippen molar-refractivity contribution in [2.75, 3.05) is 6.54 Å². The molecule has 102 valence electrons. The van der Waals surface area contributed by atoms with E-state index in [0.717, 1.165) is 18.5 Å². The first-order valence-corrected chi connectivity index (χ1v) is 8.37. The Morgan fingerprint density at radius 1 is 1.42 bits per heavy atom. The van der Waals surface area contributed by atoms with E-state index in [2.05, 4.69) is 46.3 Å². The van der Waals surface area contributed by atoms with Crippen LogP contribution in [0.3, 0.4) is 0 Å². The van der Waals surface area contributed by atoms with Crippen molar-refractivity contribution >= 4 is 45.5 Å². The molecule has 1 aromatic heterocycles. The maximum atomic E-state index is 14.1. The lowest BCUT2D eigenvalue weighted by molar-refractivity contribution is 0.547. The second-order valence-corrected chi connectivity index (χ2v) is 7.48. The van der Waals surface area contributed by atoms with Crippen LogP contribution in [0.25, 0.3) is 0 Å². The topological polar surface area (TPSA) is 12.0 Å². The zero-order valence-electron chi connectivity index (χ0n) is 10.4. The molecule has 0 aliphatic rings. The Hall–Kier alpha value is -0.170. The molecule has 0 amide bonds. The van der Waals surface area contributed by atoms with Gasteiger partial charge in [0, 0.05) is 10.6 Å². The summed E-state index contributed by atoms with van der Waals surface area (Å²) in [4.78, 5) is 0. The van der Waals surface area contributed by atoms with E-state index in [1.54, 1.807) is 23.5 Å². The molecule has 1 nitrogen and oxygen atoms in total. The highest BCUT2D eigenvalue weighted by Crippen LogP contribution is 2.30. The number of nitrogens with one attached hydrogen (secondary N) is 1. The molecule has 0 saturated heterocycles. The van der Waals surface area contributed by atoms with Crippen LogP contribution in [0, 0.1) is 8.70 Å². The molecular weight excluding hydrogens is 396 g/mol. The molecule has 0 radical (unpaired) electrons. The zero-order chi connectivity index (χ0) is 13.8. The van der Waals surface area contributed by atoms with Crippen molar-refractivity contribution in [2.24, 2.45) is 0 Å². The van der Waals surface area contributed by atoms with E-state index in [1.165, 1.54) is 8.95 Å². The van der Waals surface area contributed by atoms with E-state index in [0.29, 0.717) is 10.6 Å². The number of rotatable bonds is 5. The van der Waals surface area contributed by atoms with Gasteiger partial charge in [-0.2, -0.15) is 0 Å². The molecular formula is C14H14ClFINS. The molecule has 2 rings (SSSR count). The number of hydrogen-bond acceptors (Lipinski definition) is 2. The fourth-order valence-electron chi connectivity index (χ4n) is 1.91. The monoisotopic (exact) mass is 409 g/mol. The van der Waals surface area contributed by atoms with Crippen molar-refractivity contribution in [3.8, 4) is 0 Å². The summed E-state index contributed by atoms with van der Waals surface area (Å²) in [7, 11) is 0. The van der Waals surface area contributed by atoms with E-state index >= 15 is 0 Å². The van der Waals surface area contributed by atoms with Crippen LogP contribution in [-0.4, -0.2) is 6.54 Å². The predicted molar refractivity (Wildman–Crippen MR) is 88.6 cm³/mol. The van der Waals surface area contributed by atoms with E-state index in [-0.39, 0.29) is 11.9 Å². The number of hydrogen-bond donors (Lipinski definition) is 1. The molecule has 1 N–H and O–H groups in total. The van der Waals surface area contributed by atoms with E-state index in [9.17, 15) is 4.39 Å². The second kappa shape index (κ2) is 7.02. The van der Waals surface area contributed by atoms with E-state index in [1.807, 2.05) is 0 Å². The van der Waals surface area contributed by atoms with Gasteiger partial charge in [0.25, 0.3) is 0 Å². The van der Waals surface area contributed by atoms with Gasteiger partial charge < -0.3 is 5.32 Å². The van der Waals surface area contributed by atoms with Gasteiger partial charge in [-0.25, -0.2) is 4.39 Å². The van der Waals surface area contributed by atoms with Gasteiger partial charge in [-0.3, -0.25) is 0 Å². The maximum Gasteiger partial charge on any atom is 0.129 e. The minimum Gasteiger partial charge on any atom is -0.306 e. The van der Waals surface area contributed by atoms with Gasteiger partial charge in [0.05, 0.1) is 8.93 Å². The van der Waals surface area contributed by atoms with Crippen LogP contribution in [0.4, 0.5) is 4.39 Å². The molecule has 1 aromatic carbocycles. The van der Waals surface area contributed by atoms with Gasteiger partial charge in [0.1, 0.15) is 5.82 Å². The summed E-state index contributed by atoms with van der Waals surface area (Å²) < 4.78 is 15.3. The molecule has 1 heterocycles. The van der Waals surface area contributed by atoms with Crippen LogP contribution in [0.2, 0.25) is 5.02 Å². The van der Waals surface area contributed by atoms with Crippen molar-refractivity contribution in [3.05, 3.63) is 54.5 Å². The first-order chi connectivity index (χ1) is 9.11. The smallest absolute Gasteiger partial charge is 0.129 e. The quantitative estimate of drug-likeness (QED) is 0.666. The average molecular weight is 410 g/mol. The molecule has 0 saturated carbocycles. The third-order valence-corrected chi connectivity index (χ3v) is 4.84. The van der Waals surface area contributed by atoms with Crippen molar-refractivity contribution in [2.45, 2.75) is 19.4 Å². The van der Waals surface area contributed by atoms with Crippen molar-refractivity contribution in [1.82, 2.24) is 5.32 Å². The number of thiophene rings is 1. The standard InChI is InChI=1S/C14H14ClFINS/c1-2-5-18-14(9-6-13(17)19-8-9)11-4-3-10(15)7-12(11)16/h3-4,6-8,14,18H,2,5H2,1H3. The summed E-state index contributed by atoms with van der Waals surface area (Å²) >= 11 is 9.77. The van der Waals surface area contributed by atoms with Gasteiger partial charge in [0.15, 0.2) is 0 Å². The Bertz CT molecular complexity index is 558. The molecule has 1 atom stereocenters. The highest BCUT2D eigenvalue weighted by Gasteiger charge is 2.18. The van der Waals surface area contributed by atoms with Crippen molar-refractivity contribution in [1.29, 1.82) is 0 Å². The zero-order valence-corrected chi connectivity index (χ0v) is 14.2. The first-order valence-electron chi connectivity index (χ1n) is 6.04. The van der Waals surface area contributed by atoms with Crippen LogP contribution in [-0.2, 0) is 0 Å². The first kappa shape index (κ1) is 15.2. The molecule has 5 heteroatoms. The number of benzene rings is 1. The summed E-state index contributed by atoms with van der Waals surface area (Å²) in [6.45, 7) is 2.94. The second-order valence-electron chi connectivity index (χ2n) is 4.24. The van der Waals surface area contributed by atoms with Gasteiger partial charge in [0.2, 0.25) is 0 Å². The van der Waals surface area contributed by atoms with E-state index < -0.39 is 0 Å². The molecule has 0 aliphatic carbocycles. The SMILES string of the molecule is CCCNC(c1csc(I)c1)c1ccc(Cl)cc1F. The highest BCUT2D eigenvalue weighted by molar-refractivity contribution is 14.1. The van der Waals surface area contributed by atoms with Gasteiger partial charge in [-0.1, -0.05) is 24.6 Å². The predicted octanol–water partition coefficient (Wildman–Crippen LogP) is 5.23. The maximum absolute atomic E-state index is 14.1. The minimum absolute atomic E-state index is 0.114. The Labute approximate surface area is 135 Å². The summed E-state index contributed by atoms with van der Waals surface area (Å²) in [6.07, 6.45) is 1.01. The van der Waals surface area contributed by atoms with Gasteiger partial charge >= 0.3 is 0 Å². The summed E-state index contributed by atoms with van der Waals surface area (Å²) in [6, 6.07) is 6.84. The lowest BCUT2D eigenvalue weighted by atomic mass is 10.0. The summed E-state index contributed by atoms with van der Waals surface area (Å²) in [5.41, 5.74) is 1.75. The van der Waals surface area contributed by atoms with Crippen LogP contribution >= 0.6 is 45.5 Å². The van der Waals surface area contributed by atoms with Crippen LogP contribution in [0.5, 0.6) is 0 Å². The van der Waals surface area contributed by atoms with Crippen LogP contribution in [0.15, 0.2) is 29.6 Å². The third kappa shape index (κ3) is 3.90. The lowest BCUT2D eigenvalue weighted by Gasteiger charge is -2.19. The normalized spacial score (nSPS) is 12.6. The Balaban J connectivity index is 2.36. The largest absolute Gasteiger partial charge is 0.306 e. The lowest BCUT2D eigenvalue weighted by Crippen LogP contribution is -2.23. The third-order valence-electron chi connectivity index (χ3n) is 2.79. The minimum atomic E-state index is -0.262. The Morgan fingerprint density at radius 2 is 2.21 bits per heavy atom. The fraction of sp³-hybridized carbons (Fsp3) is 0.286. The number of halogens is 3. The summed E-state index contributed by atoms with van der Waals surface area (Å²) in [5.74, 6) is -0.262. The molecule has 2 aromatic rings. The molecule has 0 fully saturated rings. The van der Waals surface area contributed by atoms with E-state index in [4.69, 9.17) is 11.6 Å². The van der Waals surface area contributed by atoms with Gasteiger partial charge in [-0.05, 0) is 64.7 Å². The van der Waals surface area contributed by atoms with Crippen molar-refractivity contribution in [3.63, 3.8) is 0 Å². The average Bonchev–Trinajstić information content (AvgIpc) is 2.78. The molecule has 0 bridgehead atoms. The highest BCUT2D eigenvalue weighted by atomic mass is 127. The van der Waals surface area contributed by atoms with Crippen LogP contribution < -0.4 is 5.32 Å². The molecule has 19 heavy (non-hydrogen) atoms. The molecule has 0 spiro atoms. The fourth-order valence-corrected chi connectivity index (χ4v) is 3.46. The van der Waals surface area contributed by atoms with Crippen LogP contribution in [0.1, 0.15) is 30.5 Å². The van der Waals surface area contributed by atoms with Gasteiger partial charge in [-0.15, -0.1) is 11.3 Å². The Morgan fingerprint density at radius 3 is 2.79 bits per heavy atom. The molecule has 0 aliphatic heterocycles. The Kier molecular flexibility index (Phi) is 5.62. The molecule has 1 unspecified atom stereocenters. The van der Waals surface area contributed by atoms with Crippen molar-refractivity contribution < 1.29 is 4.39 Å². The summed E-state index contributed by atoms with van der Waals surface area (Å²) in [5, 5.41) is 5.89.